The van der Waals surface area contributed by atoms with E-state index in [9.17, 15) is 61.3 Å². The zero-order valence-electron chi connectivity index (χ0n) is 40.2. The number of fused-ring (bicyclic) bond motifs is 5. The van der Waals surface area contributed by atoms with Gasteiger partial charge < -0.3 is 89.7 Å². The lowest BCUT2D eigenvalue weighted by Gasteiger charge is -2.72. The fourth-order valence-electron chi connectivity index (χ4n) is 14.9. The minimum atomic E-state index is -1.75. The highest BCUT2D eigenvalue weighted by Gasteiger charge is 2.74. The van der Waals surface area contributed by atoms with Crippen LogP contribution >= 0.6 is 0 Å². The molecule has 7 aliphatic rings. The Labute approximate surface area is 388 Å². The number of allylic oxidation sites excluding steroid dienone is 2. The summed E-state index contributed by atoms with van der Waals surface area (Å²) in [5, 5.41) is 132. The molecule has 0 spiro atoms. The van der Waals surface area contributed by atoms with Gasteiger partial charge in [0.15, 0.2) is 18.9 Å². The van der Waals surface area contributed by atoms with Crippen LogP contribution in [0.4, 0.5) is 0 Å². The van der Waals surface area contributed by atoms with Crippen molar-refractivity contribution >= 4 is 0 Å². The number of hydrogen-bond donors (Lipinski definition) is 12. The molecule has 7 rings (SSSR count). The Morgan fingerprint density at radius 3 is 1.89 bits per heavy atom. The molecule has 3 saturated heterocycles. The third-order valence-electron chi connectivity index (χ3n) is 18.7. The standard InChI is InChI=1S/C48H82O18/c1-21(2)11-10-14-48(9,66-42-38(60)35(57)32(54)26(19-49)63-42)23-12-16-46(7)30(23)24(51)17-28-45(6)15-13-29(52)44(4,5)40(45)25(18-47(28,46)8)62-43-39(36(58)33(55)27(20-50)64-43)65-41-37(59)34(56)31(53)22(3)61-41/h11,22-43,49-60H,10,12-20H2,1-9H3/t22-,23-,24+,25-,26+,27+,28+,29-,30-,31-,32+,33+,34+,35-,36-,37+,38+,39+,40?,41-,42-,43+,45+,46+,47+,48-/m0/s1. The largest absolute Gasteiger partial charge is 0.394 e. The van der Waals surface area contributed by atoms with Gasteiger partial charge in [-0.2, -0.15) is 0 Å². The molecule has 0 radical (unpaired) electrons. The minimum absolute atomic E-state index is 0.0861. The second-order valence-corrected chi connectivity index (χ2v) is 23.0. The lowest BCUT2D eigenvalue weighted by atomic mass is 9.34. The SMILES string of the molecule is CC(C)=CCC[C@](C)(O[C@@H]1O[C@H](CO)[C@@H](O)[C@H](O)[C@H]1O)[C@H]1CC[C@]2(C)[C@@H]1[C@H](O)C[C@@H]1[C@@]3(C)CC[C@H](O)C(C)(C)C3[C@@H](O[C@@H]3O[C@H](CO)[C@@H](O)[C@H](O)[C@H]3O[C@@H]3O[C@@H](C)[C@H](O)[C@@H](O)[C@H]3O)C[C@]12C. The Morgan fingerprint density at radius 2 is 1.27 bits per heavy atom. The summed E-state index contributed by atoms with van der Waals surface area (Å²) >= 11 is 0. The first-order chi connectivity index (χ1) is 30.7. The Balaban J connectivity index is 1.27. The lowest BCUT2D eigenvalue weighted by Crippen LogP contribution is -2.71. The Bertz CT molecular complexity index is 1700. The molecule has 26 atom stereocenters. The topological polar surface area (TPSA) is 298 Å². The van der Waals surface area contributed by atoms with Gasteiger partial charge in [0.2, 0.25) is 0 Å². The molecule has 3 heterocycles. The van der Waals surface area contributed by atoms with E-state index in [1.54, 1.807) is 0 Å². The maximum atomic E-state index is 12.7. The summed E-state index contributed by atoms with van der Waals surface area (Å²) in [4.78, 5) is 0. The number of aliphatic hydroxyl groups is 12. The van der Waals surface area contributed by atoms with Crippen LogP contribution in [-0.2, 0) is 28.4 Å². The van der Waals surface area contributed by atoms with Crippen LogP contribution in [0.5, 0.6) is 0 Å². The molecule has 66 heavy (non-hydrogen) atoms. The molecule has 0 aromatic rings. The van der Waals surface area contributed by atoms with E-state index in [0.29, 0.717) is 51.4 Å². The van der Waals surface area contributed by atoms with E-state index in [2.05, 4.69) is 26.8 Å². The van der Waals surface area contributed by atoms with Crippen molar-refractivity contribution in [3.63, 3.8) is 0 Å². The smallest absolute Gasteiger partial charge is 0.187 e. The summed E-state index contributed by atoms with van der Waals surface area (Å²) in [5.74, 6) is -1.12. The van der Waals surface area contributed by atoms with Crippen molar-refractivity contribution in [1.82, 2.24) is 0 Å². The molecule has 3 aliphatic heterocycles. The van der Waals surface area contributed by atoms with Crippen molar-refractivity contribution in [3.05, 3.63) is 11.6 Å². The first kappa shape index (κ1) is 52.8. The van der Waals surface area contributed by atoms with E-state index in [1.807, 2.05) is 34.6 Å². The van der Waals surface area contributed by atoms with Crippen LogP contribution in [0, 0.1) is 45.3 Å². The van der Waals surface area contributed by atoms with Crippen LogP contribution in [0.1, 0.15) is 114 Å². The third-order valence-corrected chi connectivity index (χ3v) is 18.7. The highest BCUT2D eigenvalue weighted by atomic mass is 16.8. The van der Waals surface area contributed by atoms with Crippen LogP contribution in [0.25, 0.3) is 0 Å². The zero-order valence-corrected chi connectivity index (χ0v) is 40.2. The highest BCUT2D eigenvalue weighted by Crippen LogP contribution is 2.76. The number of rotatable bonds is 12. The molecular weight excluding hydrogens is 865 g/mol. The second kappa shape index (κ2) is 19.2. The molecule has 18 heteroatoms. The molecule has 382 valence electrons. The van der Waals surface area contributed by atoms with Gasteiger partial charge >= 0.3 is 0 Å². The van der Waals surface area contributed by atoms with Gasteiger partial charge in [-0.1, -0.05) is 46.3 Å². The molecule has 0 aromatic carbocycles. The molecule has 0 aromatic heterocycles. The first-order valence-electron chi connectivity index (χ1n) is 24.3. The summed E-state index contributed by atoms with van der Waals surface area (Å²) in [6, 6.07) is 0. The van der Waals surface area contributed by atoms with E-state index in [0.717, 1.165) is 5.57 Å². The molecule has 4 saturated carbocycles. The predicted octanol–water partition coefficient (Wildman–Crippen LogP) is -0.0284. The first-order valence-corrected chi connectivity index (χ1v) is 24.3. The third kappa shape index (κ3) is 8.69. The monoisotopic (exact) mass is 947 g/mol. The average molecular weight is 947 g/mol. The van der Waals surface area contributed by atoms with Crippen LogP contribution < -0.4 is 0 Å². The molecule has 1 unspecified atom stereocenters. The second-order valence-electron chi connectivity index (χ2n) is 23.0. The van der Waals surface area contributed by atoms with Crippen LogP contribution in [0.15, 0.2) is 11.6 Å². The zero-order chi connectivity index (χ0) is 48.8. The molecule has 4 aliphatic carbocycles. The fraction of sp³-hybridized carbons (Fsp3) is 0.958. The van der Waals surface area contributed by atoms with Crippen molar-refractivity contribution in [3.8, 4) is 0 Å². The normalized spacial score (nSPS) is 53.5. The van der Waals surface area contributed by atoms with Crippen LogP contribution in [-0.4, -0.2) is 191 Å². The summed E-state index contributed by atoms with van der Waals surface area (Å²) < 4.78 is 38.1. The van der Waals surface area contributed by atoms with Crippen molar-refractivity contribution in [2.24, 2.45) is 45.3 Å². The van der Waals surface area contributed by atoms with E-state index in [1.165, 1.54) is 6.92 Å². The maximum Gasteiger partial charge on any atom is 0.187 e. The van der Waals surface area contributed by atoms with Gasteiger partial charge in [-0.25, -0.2) is 0 Å². The molecule has 7 fully saturated rings. The number of aliphatic hydroxyl groups excluding tert-OH is 12. The van der Waals surface area contributed by atoms with E-state index in [-0.39, 0.29) is 23.7 Å². The average Bonchev–Trinajstić information content (AvgIpc) is 3.64. The van der Waals surface area contributed by atoms with Gasteiger partial charge in [0.05, 0.1) is 43.2 Å². The van der Waals surface area contributed by atoms with Crippen LogP contribution in [0.2, 0.25) is 0 Å². The number of hydrogen-bond acceptors (Lipinski definition) is 18. The van der Waals surface area contributed by atoms with E-state index >= 15 is 0 Å². The Morgan fingerprint density at radius 1 is 0.682 bits per heavy atom. The summed E-state index contributed by atoms with van der Waals surface area (Å²) in [7, 11) is 0. The van der Waals surface area contributed by atoms with Gasteiger partial charge in [-0.15, -0.1) is 0 Å². The van der Waals surface area contributed by atoms with E-state index < -0.39 is 151 Å². The molecule has 0 bridgehead atoms. The fourth-order valence-corrected chi connectivity index (χ4v) is 14.9. The van der Waals surface area contributed by atoms with E-state index in [4.69, 9.17) is 28.4 Å². The highest BCUT2D eigenvalue weighted by molar-refractivity contribution is 5.22. The van der Waals surface area contributed by atoms with Crippen molar-refractivity contribution in [2.75, 3.05) is 13.2 Å². The van der Waals surface area contributed by atoms with Gasteiger partial charge in [0, 0.05) is 0 Å². The maximum absolute atomic E-state index is 12.7. The van der Waals surface area contributed by atoms with Crippen molar-refractivity contribution in [1.29, 1.82) is 0 Å². The predicted molar refractivity (Wildman–Crippen MR) is 234 cm³/mol. The van der Waals surface area contributed by atoms with Gasteiger partial charge in [0.1, 0.15) is 67.1 Å². The molecular formula is C48H82O18. The Kier molecular flexibility index (Phi) is 15.4. The quantitative estimate of drug-likeness (QED) is 0.0904. The minimum Gasteiger partial charge on any atom is -0.394 e. The number of ether oxygens (including phenoxy) is 6. The lowest BCUT2D eigenvalue weighted by molar-refractivity contribution is -0.382. The van der Waals surface area contributed by atoms with Gasteiger partial charge in [-0.3, -0.25) is 0 Å². The van der Waals surface area contributed by atoms with Crippen molar-refractivity contribution < 1.29 is 89.7 Å². The summed E-state index contributed by atoms with van der Waals surface area (Å²) in [6.45, 7) is 16.8. The molecule has 12 N–H and O–H groups in total. The van der Waals surface area contributed by atoms with Gasteiger partial charge in [0.25, 0.3) is 0 Å². The summed E-state index contributed by atoms with van der Waals surface area (Å²) in [6.07, 6.45) is -18.3. The van der Waals surface area contributed by atoms with Crippen LogP contribution in [0.3, 0.4) is 0 Å². The molecule has 18 nitrogen and oxygen atoms in total. The van der Waals surface area contributed by atoms with Gasteiger partial charge in [-0.05, 0) is 124 Å². The summed E-state index contributed by atoms with van der Waals surface area (Å²) in [5.41, 5.74) is -2.43. The molecule has 0 amide bonds. The Hall–Kier alpha value is -0.980. The van der Waals surface area contributed by atoms with Crippen molar-refractivity contribution in [2.45, 2.75) is 230 Å².